The van der Waals surface area contributed by atoms with Gasteiger partial charge < -0.3 is 10.1 Å². The van der Waals surface area contributed by atoms with Gasteiger partial charge in [-0.05, 0) is 31.5 Å². The molecule has 0 bridgehead atoms. The van der Waals surface area contributed by atoms with E-state index in [1.165, 1.54) is 5.56 Å². The van der Waals surface area contributed by atoms with Crippen molar-refractivity contribution in [3.05, 3.63) is 35.0 Å². The Morgan fingerprint density at radius 2 is 2.00 bits per heavy atom. The third-order valence-corrected chi connectivity index (χ3v) is 3.41. The average molecular weight is 245 g/mol. The SMILES string of the molecule is Cc1ccc2[nH]c(C)c(C(C)(C)CC(=O)O)c2c1. The normalized spacial score (nSPS) is 12.0. The van der Waals surface area contributed by atoms with Gasteiger partial charge in [-0.2, -0.15) is 0 Å². The number of aromatic amines is 1. The molecule has 2 N–H and O–H groups in total. The van der Waals surface area contributed by atoms with E-state index in [0.29, 0.717) is 0 Å². The Kier molecular flexibility index (Phi) is 2.93. The highest BCUT2D eigenvalue weighted by atomic mass is 16.4. The molecule has 96 valence electrons. The summed E-state index contributed by atoms with van der Waals surface area (Å²) in [6.45, 7) is 8.03. The molecule has 0 saturated carbocycles. The van der Waals surface area contributed by atoms with Crippen molar-refractivity contribution in [2.24, 2.45) is 0 Å². The molecule has 0 atom stereocenters. The van der Waals surface area contributed by atoms with Crippen LogP contribution < -0.4 is 0 Å². The van der Waals surface area contributed by atoms with Gasteiger partial charge in [-0.15, -0.1) is 0 Å². The van der Waals surface area contributed by atoms with Gasteiger partial charge in [0.05, 0.1) is 6.42 Å². The van der Waals surface area contributed by atoms with Crippen LogP contribution in [-0.4, -0.2) is 16.1 Å². The number of hydrogen-bond donors (Lipinski definition) is 2. The highest BCUT2D eigenvalue weighted by Crippen LogP contribution is 2.36. The molecule has 0 aliphatic heterocycles. The van der Waals surface area contributed by atoms with Crippen LogP contribution in [0.2, 0.25) is 0 Å². The van der Waals surface area contributed by atoms with Gasteiger partial charge in [0.25, 0.3) is 0 Å². The minimum absolute atomic E-state index is 0.134. The van der Waals surface area contributed by atoms with E-state index in [-0.39, 0.29) is 11.8 Å². The zero-order valence-corrected chi connectivity index (χ0v) is 11.3. The van der Waals surface area contributed by atoms with E-state index in [1.54, 1.807) is 0 Å². The standard InChI is InChI=1S/C15H19NO2/c1-9-5-6-12-11(7-9)14(10(2)16-12)15(3,4)8-13(17)18/h5-7,16H,8H2,1-4H3,(H,17,18). The van der Waals surface area contributed by atoms with Gasteiger partial charge in [-0.25, -0.2) is 0 Å². The van der Waals surface area contributed by atoms with Crippen molar-refractivity contribution < 1.29 is 9.90 Å². The topological polar surface area (TPSA) is 53.1 Å². The highest BCUT2D eigenvalue weighted by molar-refractivity contribution is 5.87. The van der Waals surface area contributed by atoms with Crippen LogP contribution in [-0.2, 0) is 10.2 Å². The monoisotopic (exact) mass is 245 g/mol. The first-order chi connectivity index (χ1) is 8.31. The van der Waals surface area contributed by atoms with Crippen LogP contribution in [0.3, 0.4) is 0 Å². The van der Waals surface area contributed by atoms with Crippen molar-refractivity contribution in [2.45, 2.75) is 39.5 Å². The fourth-order valence-electron chi connectivity index (χ4n) is 2.78. The molecule has 1 aromatic heterocycles. The second-order valence-electron chi connectivity index (χ2n) is 5.63. The maximum atomic E-state index is 11.0. The van der Waals surface area contributed by atoms with Crippen LogP contribution in [0.15, 0.2) is 18.2 Å². The quantitative estimate of drug-likeness (QED) is 0.869. The van der Waals surface area contributed by atoms with Crippen LogP contribution in [0.25, 0.3) is 10.9 Å². The number of carboxylic acid groups (broad SMARTS) is 1. The molecule has 0 aliphatic carbocycles. The van der Waals surface area contributed by atoms with Crippen LogP contribution in [0.1, 0.15) is 37.1 Å². The smallest absolute Gasteiger partial charge is 0.304 e. The van der Waals surface area contributed by atoms with Crippen molar-refractivity contribution >= 4 is 16.9 Å². The zero-order valence-electron chi connectivity index (χ0n) is 11.3. The molecule has 0 amide bonds. The van der Waals surface area contributed by atoms with Crippen molar-refractivity contribution in [1.29, 1.82) is 0 Å². The molecule has 0 aliphatic rings. The first-order valence-electron chi connectivity index (χ1n) is 6.12. The van der Waals surface area contributed by atoms with E-state index in [2.05, 4.69) is 30.1 Å². The molecule has 2 rings (SSSR count). The van der Waals surface area contributed by atoms with Crippen LogP contribution in [0, 0.1) is 13.8 Å². The molecule has 1 heterocycles. The summed E-state index contributed by atoms with van der Waals surface area (Å²) in [6, 6.07) is 6.24. The number of aryl methyl sites for hydroxylation is 2. The lowest BCUT2D eigenvalue weighted by atomic mass is 9.80. The predicted molar refractivity (Wildman–Crippen MR) is 73.1 cm³/mol. The van der Waals surface area contributed by atoms with Crippen molar-refractivity contribution in [3.63, 3.8) is 0 Å². The minimum Gasteiger partial charge on any atom is -0.481 e. The van der Waals surface area contributed by atoms with Crippen LogP contribution in [0.4, 0.5) is 0 Å². The number of hydrogen-bond acceptors (Lipinski definition) is 1. The number of benzene rings is 1. The van der Waals surface area contributed by atoms with E-state index in [1.807, 2.05) is 20.8 Å². The van der Waals surface area contributed by atoms with Gasteiger partial charge in [0.1, 0.15) is 0 Å². The summed E-state index contributed by atoms with van der Waals surface area (Å²) in [5, 5.41) is 10.2. The summed E-state index contributed by atoms with van der Waals surface area (Å²) in [6.07, 6.45) is 0.134. The Labute approximate surface area is 107 Å². The molecule has 0 spiro atoms. The van der Waals surface area contributed by atoms with E-state index in [4.69, 9.17) is 5.11 Å². The first kappa shape index (κ1) is 12.7. The van der Waals surface area contributed by atoms with Gasteiger partial charge >= 0.3 is 5.97 Å². The second kappa shape index (κ2) is 4.16. The van der Waals surface area contributed by atoms with Crippen molar-refractivity contribution in [1.82, 2.24) is 4.98 Å². The number of nitrogens with one attached hydrogen (secondary N) is 1. The van der Waals surface area contributed by atoms with E-state index >= 15 is 0 Å². The summed E-state index contributed by atoms with van der Waals surface area (Å²) in [5.74, 6) is -0.763. The molecular formula is C15H19NO2. The lowest BCUT2D eigenvalue weighted by molar-refractivity contribution is -0.138. The maximum Gasteiger partial charge on any atom is 0.304 e. The van der Waals surface area contributed by atoms with Gasteiger partial charge in [-0.1, -0.05) is 25.5 Å². The summed E-state index contributed by atoms with van der Waals surface area (Å²) >= 11 is 0. The summed E-state index contributed by atoms with van der Waals surface area (Å²) in [7, 11) is 0. The van der Waals surface area contributed by atoms with Gasteiger partial charge in [-0.3, -0.25) is 4.79 Å². The third kappa shape index (κ3) is 2.13. The first-order valence-corrected chi connectivity index (χ1v) is 6.12. The largest absolute Gasteiger partial charge is 0.481 e. The Hall–Kier alpha value is -1.77. The summed E-state index contributed by atoms with van der Waals surface area (Å²) in [5.41, 5.74) is 4.06. The second-order valence-corrected chi connectivity index (χ2v) is 5.63. The molecule has 1 aromatic carbocycles. The molecule has 3 nitrogen and oxygen atoms in total. The fourth-order valence-corrected chi connectivity index (χ4v) is 2.78. The number of carboxylic acids is 1. The molecule has 0 saturated heterocycles. The number of carbonyl (C=O) groups is 1. The van der Waals surface area contributed by atoms with E-state index in [0.717, 1.165) is 22.2 Å². The molecule has 18 heavy (non-hydrogen) atoms. The lowest BCUT2D eigenvalue weighted by Crippen LogP contribution is -2.22. The predicted octanol–water partition coefficient (Wildman–Crippen LogP) is 3.54. The lowest BCUT2D eigenvalue weighted by Gasteiger charge is -2.23. The molecule has 3 heteroatoms. The molecule has 0 radical (unpaired) electrons. The number of aromatic nitrogens is 1. The van der Waals surface area contributed by atoms with E-state index in [9.17, 15) is 4.79 Å². The Morgan fingerprint density at radius 3 is 2.61 bits per heavy atom. The maximum absolute atomic E-state index is 11.0. The molecule has 0 unspecified atom stereocenters. The van der Waals surface area contributed by atoms with Crippen LogP contribution >= 0.6 is 0 Å². The highest BCUT2D eigenvalue weighted by Gasteiger charge is 2.28. The Balaban J connectivity index is 2.65. The van der Waals surface area contributed by atoms with Gasteiger partial charge in [0.2, 0.25) is 0 Å². The van der Waals surface area contributed by atoms with Gasteiger partial charge in [0.15, 0.2) is 0 Å². The van der Waals surface area contributed by atoms with Crippen molar-refractivity contribution in [2.75, 3.05) is 0 Å². The molecule has 2 aromatic rings. The summed E-state index contributed by atoms with van der Waals surface area (Å²) in [4.78, 5) is 14.4. The minimum atomic E-state index is -0.763. The van der Waals surface area contributed by atoms with Gasteiger partial charge in [0, 0.05) is 22.0 Å². The number of fused-ring (bicyclic) bond motifs is 1. The fraction of sp³-hybridized carbons (Fsp3) is 0.400. The Morgan fingerprint density at radius 1 is 1.33 bits per heavy atom. The number of aliphatic carboxylic acids is 1. The number of H-pyrrole nitrogens is 1. The van der Waals surface area contributed by atoms with E-state index < -0.39 is 5.97 Å². The summed E-state index contributed by atoms with van der Waals surface area (Å²) < 4.78 is 0. The molecular weight excluding hydrogens is 226 g/mol. The average Bonchev–Trinajstić information content (AvgIpc) is 2.51. The Bertz CT molecular complexity index is 608. The molecule has 0 fully saturated rings. The van der Waals surface area contributed by atoms with Crippen LogP contribution in [0.5, 0.6) is 0 Å². The number of rotatable bonds is 3. The third-order valence-electron chi connectivity index (χ3n) is 3.41. The zero-order chi connectivity index (χ0) is 13.5. The van der Waals surface area contributed by atoms with Crippen molar-refractivity contribution in [3.8, 4) is 0 Å².